The number of nitrogens with zero attached hydrogens (tertiary/aromatic N) is 2. The third-order valence-electron chi connectivity index (χ3n) is 11.7. The molecule has 0 bridgehead atoms. The molecular formula is C48H54N10O24. The van der Waals surface area contributed by atoms with E-state index in [1.807, 2.05) is 5.32 Å². The van der Waals surface area contributed by atoms with Gasteiger partial charge in [0, 0.05) is 19.6 Å². The molecule has 7 amide bonds. The molecule has 1 fully saturated rings. The van der Waals surface area contributed by atoms with Crippen LogP contribution in [-0.4, -0.2) is 192 Å². The second-order valence-corrected chi connectivity index (χ2v) is 18.0. The maximum Gasteiger partial charge on any atom is 0.420 e. The number of oxazole rings is 1. The lowest BCUT2D eigenvalue weighted by atomic mass is 10.0. The molecule has 0 radical (unpaired) electrons. The predicted molar refractivity (Wildman–Crippen MR) is 267 cm³/mol. The van der Waals surface area contributed by atoms with Crippen LogP contribution < -0.4 is 48.3 Å². The van der Waals surface area contributed by atoms with Crippen molar-refractivity contribution in [3.05, 3.63) is 58.6 Å². The first-order valence-corrected chi connectivity index (χ1v) is 24.2. The lowest BCUT2D eigenvalue weighted by Gasteiger charge is -2.26. The van der Waals surface area contributed by atoms with Crippen molar-refractivity contribution in [2.24, 2.45) is 0 Å². The van der Waals surface area contributed by atoms with E-state index >= 15 is 0 Å². The van der Waals surface area contributed by atoms with Gasteiger partial charge in [0.1, 0.15) is 54.9 Å². The Hall–Kier alpha value is -10.3. The number of nitrogens with one attached hydrogen (secondary N) is 8. The number of carboxylic acids is 7. The van der Waals surface area contributed by atoms with Gasteiger partial charge in [-0.25, -0.2) is 9.59 Å². The van der Waals surface area contributed by atoms with E-state index < -0.39 is 182 Å². The highest BCUT2D eigenvalue weighted by atomic mass is 16.5. The largest absolute Gasteiger partial charge is 0.481 e. The van der Waals surface area contributed by atoms with Crippen LogP contribution in [-0.2, 0) is 84.8 Å². The fraction of sp³-hybridized carbons (Fsp3) is 0.417. The van der Waals surface area contributed by atoms with E-state index in [0.29, 0.717) is 29.8 Å². The summed E-state index contributed by atoms with van der Waals surface area (Å²) < 4.78 is 11.6. The van der Waals surface area contributed by atoms with E-state index in [-0.39, 0.29) is 24.1 Å². The maximum atomic E-state index is 13.6. The van der Waals surface area contributed by atoms with Crippen LogP contribution in [0, 0.1) is 11.3 Å². The molecule has 34 heteroatoms. The van der Waals surface area contributed by atoms with E-state index in [2.05, 4.69) is 22.0 Å². The summed E-state index contributed by atoms with van der Waals surface area (Å²) in [6.07, 6.45) is -7.95. The summed E-state index contributed by atoms with van der Waals surface area (Å²) in [6.45, 7) is 0.413. The molecule has 0 spiro atoms. The van der Waals surface area contributed by atoms with Gasteiger partial charge in [0.2, 0.25) is 35.4 Å². The van der Waals surface area contributed by atoms with Gasteiger partial charge < -0.3 is 87.4 Å². The second kappa shape index (κ2) is 30.2. The highest BCUT2D eigenvalue weighted by Gasteiger charge is 2.37. The quantitative estimate of drug-likeness (QED) is 0.0287. The van der Waals surface area contributed by atoms with Gasteiger partial charge in [-0.05, 0) is 41.8 Å². The smallest absolute Gasteiger partial charge is 0.420 e. The number of hydrogen-bond acceptors (Lipinski definition) is 19. The summed E-state index contributed by atoms with van der Waals surface area (Å²) in [6, 6.07) is -1.35. The number of fused-ring (bicyclic) bond motifs is 1. The molecule has 1 aromatic heterocycles. The van der Waals surface area contributed by atoms with Gasteiger partial charge in [-0.3, -0.25) is 66.9 Å². The Labute approximate surface area is 459 Å². The Bertz CT molecular complexity index is 3070. The van der Waals surface area contributed by atoms with Crippen LogP contribution in [0.4, 0.5) is 0 Å². The molecule has 2 aromatic carbocycles. The molecule has 440 valence electrons. The molecule has 0 unspecified atom stereocenters. The van der Waals surface area contributed by atoms with Crippen LogP contribution in [0.5, 0.6) is 0 Å². The summed E-state index contributed by atoms with van der Waals surface area (Å²) in [5.41, 5.74) is 1.74. The number of aliphatic carboxylic acids is 7. The van der Waals surface area contributed by atoms with Crippen molar-refractivity contribution < 1.29 is 112 Å². The van der Waals surface area contributed by atoms with Crippen molar-refractivity contribution in [2.75, 3.05) is 19.7 Å². The second-order valence-electron chi connectivity index (χ2n) is 18.0. The summed E-state index contributed by atoms with van der Waals surface area (Å²) in [5.74, 6) is -23.8. The molecule has 34 nitrogen and oxygen atoms in total. The van der Waals surface area contributed by atoms with Gasteiger partial charge in [0.15, 0.2) is 5.58 Å². The fourth-order valence-electron chi connectivity index (χ4n) is 7.78. The molecule has 0 aliphatic carbocycles. The van der Waals surface area contributed by atoms with Gasteiger partial charge in [-0.2, -0.15) is 5.26 Å². The van der Waals surface area contributed by atoms with Gasteiger partial charge in [-0.1, -0.05) is 30.3 Å². The predicted octanol–water partition coefficient (Wildman–Crippen LogP) is -4.97. The lowest BCUT2D eigenvalue weighted by molar-refractivity contribution is -0.148. The molecule has 3 aromatic rings. The minimum atomic E-state index is -2.39. The molecule has 8 atom stereocenters. The van der Waals surface area contributed by atoms with Crippen LogP contribution in [0.15, 0.2) is 51.7 Å². The first-order valence-electron chi connectivity index (χ1n) is 24.2. The SMILES string of the molecule is N#C[C@H](Cc1ccc(-c2ccc3oc(=O)n(CC(=O)N[C@H](CC(=O)O)C(=O)N[C@H](CC(=O)O)C(=O)N[C@H](CC(=O)O)C(=O)N[C@H](CC(=O)O)C(=O)N[C@H](CC(=O)O)C(=O)N[C@H](CC(=O)O)C(=O)O)c3c2)cc1)NC(=O)[C@@H]1CNCCCO1. The van der Waals surface area contributed by atoms with Crippen LogP contribution in [0.1, 0.15) is 50.5 Å². The van der Waals surface area contributed by atoms with Gasteiger partial charge in [-0.15, -0.1) is 0 Å². The molecule has 0 saturated carbocycles. The zero-order chi connectivity index (χ0) is 61.0. The highest BCUT2D eigenvalue weighted by Crippen LogP contribution is 2.25. The normalized spacial score (nSPS) is 15.5. The molecule has 2 heterocycles. The standard InChI is InChI=1S/C48H54N10O24/c49-18-24(51-46(77)33-19-50-8-1-9-81-33)10-21-2-4-22(5-3-21)23-6-7-32-31(11-23)58(48(80)82-32)20-34(59)52-25(12-35(60)61)41(72)53-26(13-36(62)63)42(73)54-27(14-37(64)65)43(74)55-28(15-38(66)67)44(75)56-29(16-39(68)69)45(76)57-30(47(78)79)17-40(70)71/h2-7,11,24-30,33,50H,1,8-10,12-17,19-20H2,(H,51,77)(H,52,59)(H,53,72)(H,54,73)(H,55,74)(H,56,75)(H,57,76)(H,60,61)(H,62,63)(H,64,65)(H,66,67)(H,68,69)(H,70,71)(H,78,79)/t24-,25+,26+,27+,28+,29+,30+,33-/m0/s1. The van der Waals surface area contributed by atoms with Crippen molar-refractivity contribution >= 4 is 94.2 Å². The Balaban J connectivity index is 1.49. The Kier molecular flexibility index (Phi) is 23.6. The number of amides is 7. The minimum Gasteiger partial charge on any atom is -0.481 e. The van der Waals surface area contributed by atoms with E-state index in [1.165, 1.54) is 12.1 Å². The zero-order valence-corrected chi connectivity index (χ0v) is 42.6. The Morgan fingerprint density at radius 2 is 0.988 bits per heavy atom. The molecule has 82 heavy (non-hydrogen) atoms. The van der Waals surface area contributed by atoms with Crippen molar-refractivity contribution in [2.45, 2.75) is 106 Å². The number of nitriles is 1. The van der Waals surface area contributed by atoms with E-state index in [0.717, 1.165) is 11.0 Å². The molecule has 15 N–H and O–H groups in total. The number of benzene rings is 2. The third-order valence-corrected chi connectivity index (χ3v) is 11.7. The summed E-state index contributed by atoms with van der Waals surface area (Å²) in [7, 11) is 0. The molecular weight excluding hydrogens is 1100 g/mol. The van der Waals surface area contributed by atoms with Crippen molar-refractivity contribution in [3.63, 3.8) is 0 Å². The summed E-state index contributed by atoms with van der Waals surface area (Å²) in [4.78, 5) is 188. The number of carbonyl (C=O) groups is 14. The van der Waals surface area contributed by atoms with Crippen LogP contribution in [0.3, 0.4) is 0 Å². The average Bonchev–Trinajstić information content (AvgIpc) is 3.80. The number of carboxylic acid groups (broad SMARTS) is 7. The number of rotatable bonds is 31. The third kappa shape index (κ3) is 20.2. The minimum absolute atomic E-state index is 0.0195. The first kappa shape index (κ1) is 64.2. The molecule has 1 aliphatic rings. The molecule has 1 saturated heterocycles. The number of ether oxygens (including phenoxy) is 1. The maximum absolute atomic E-state index is 13.6. The van der Waals surface area contributed by atoms with Gasteiger partial charge in [0.25, 0.3) is 5.91 Å². The van der Waals surface area contributed by atoms with Crippen molar-refractivity contribution in [1.82, 2.24) is 47.1 Å². The van der Waals surface area contributed by atoms with Crippen LogP contribution >= 0.6 is 0 Å². The molecule has 1 aliphatic heterocycles. The van der Waals surface area contributed by atoms with E-state index in [1.54, 1.807) is 51.6 Å². The van der Waals surface area contributed by atoms with Gasteiger partial charge >= 0.3 is 47.5 Å². The number of hydrogen-bond donors (Lipinski definition) is 15. The number of carbonyl (C=O) groups excluding carboxylic acids is 7. The Morgan fingerprint density at radius 3 is 1.41 bits per heavy atom. The monoisotopic (exact) mass is 1150 g/mol. The summed E-state index contributed by atoms with van der Waals surface area (Å²) >= 11 is 0. The lowest BCUT2D eigenvalue weighted by Crippen LogP contribution is -2.60. The number of aromatic nitrogens is 1. The topological polar surface area (TPSA) is 545 Å². The average molecular weight is 1160 g/mol. The van der Waals surface area contributed by atoms with Crippen molar-refractivity contribution in [1.29, 1.82) is 5.26 Å². The Morgan fingerprint density at radius 1 is 0.573 bits per heavy atom. The summed E-state index contributed by atoms with van der Waals surface area (Å²) in [5, 5.41) is 92.3. The van der Waals surface area contributed by atoms with Gasteiger partial charge in [0.05, 0.1) is 50.1 Å². The van der Waals surface area contributed by atoms with E-state index in [4.69, 9.17) is 14.3 Å². The van der Waals surface area contributed by atoms with Crippen molar-refractivity contribution in [3.8, 4) is 17.2 Å². The zero-order valence-electron chi connectivity index (χ0n) is 42.6. The van der Waals surface area contributed by atoms with Crippen LogP contribution in [0.25, 0.3) is 22.2 Å². The van der Waals surface area contributed by atoms with Crippen LogP contribution in [0.2, 0.25) is 0 Å². The molecule has 4 rings (SSSR count). The van der Waals surface area contributed by atoms with E-state index in [9.17, 15) is 108 Å². The fourth-order valence-corrected chi connectivity index (χ4v) is 7.78. The first-order chi connectivity index (χ1) is 38.6. The highest BCUT2D eigenvalue weighted by molar-refractivity contribution is 6.00.